The lowest BCUT2D eigenvalue weighted by Gasteiger charge is -2.31. The van der Waals surface area contributed by atoms with Gasteiger partial charge in [-0.25, -0.2) is 0 Å². The van der Waals surface area contributed by atoms with Gasteiger partial charge in [0, 0.05) is 7.97 Å². The second kappa shape index (κ2) is 7.06. The molecule has 2 nitrogen and oxygen atoms in total. The van der Waals surface area contributed by atoms with Gasteiger partial charge < -0.3 is 5.32 Å². The quantitative estimate of drug-likeness (QED) is 0.874. The zero-order chi connectivity index (χ0) is 13.7. The van der Waals surface area contributed by atoms with Crippen molar-refractivity contribution in [3.05, 3.63) is 35.4 Å². The maximum atomic E-state index is 3.30. The molecule has 1 aromatic carbocycles. The number of piperidine rings is 1. The molecule has 0 unspecified atom stereocenters. The topological polar surface area (TPSA) is 15.3 Å². The van der Waals surface area contributed by atoms with Crippen molar-refractivity contribution in [2.24, 2.45) is 5.92 Å². The lowest BCUT2D eigenvalue weighted by atomic mass is 9.96. The fraction of sp³-hybridized carbons (Fsp3) is 0.647. The third-order valence-electron chi connectivity index (χ3n) is 4.25. The third-order valence-corrected chi connectivity index (χ3v) is 4.25. The molecule has 0 radical (unpaired) electrons. The molecular weight excluding hydrogens is 232 g/mol. The number of rotatable bonds is 5. The first-order valence-electron chi connectivity index (χ1n) is 7.65. The van der Waals surface area contributed by atoms with Crippen LogP contribution in [0.3, 0.4) is 0 Å². The SMILES string of the molecule is CNCC1CCN(Cc2ccc(C(C)C)cc2)CC1.[HH]. The van der Waals surface area contributed by atoms with E-state index in [0.717, 1.165) is 12.5 Å². The maximum Gasteiger partial charge on any atom is 0.0233 e. The number of benzene rings is 1. The van der Waals surface area contributed by atoms with E-state index < -0.39 is 0 Å². The molecule has 1 aliphatic heterocycles. The second-order valence-electron chi connectivity index (χ2n) is 6.17. The summed E-state index contributed by atoms with van der Waals surface area (Å²) in [5.74, 6) is 1.51. The van der Waals surface area contributed by atoms with Gasteiger partial charge in [0.15, 0.2) is 0 Å². The van der Waals surface area contributed by atoms with E-state index in [4.69, 9.17) is 0 Å². The van der Waals surface area contributed by atoms with Gasteiger partial charge in [-0.1, -0.05) is 38.1 Å². The Hall–Kier alpha value is -0.860. The second-order valence-corrected chi connectivity index (χ2v) is 6.17. The van der Waals surface area contributed by atoms with Gasteiger partial charge in [-0.05, 0) is 62.5 Å². The third kappa shape index (κ3) is 4.32. The van der Waals surface area contributed by atoms with Crippen LogP contribution in [0.5, 0.6) is 0 Å². The van der Waals surface area contributed by atoms with E-state index in [1.165, 1.54) is 43.6 Å². The van der Waals surface area contributed by atoms with Crippen molar-refractivity contribution in [3.63, 3.8) is 0 Å². The van der Waals surface area contributed by atoms with Gasteiger partial charge in [-0.2, -0.15) is 0 Å². The standard InChI is InChI=1S/C17H28N2.H2/c1-14(2)17-6-4-16(5-7-17)13-19-10-8-15(9-11-19)12-18-3;/h4-7,14-15,18H,8-13H2,1-3H3;1H. The summed E-state index contributed by atoms with van der Waals surface area (Å²) in [6, 6.07) is 9.17. The fourth-order valence-corrected chi connectivity index (χ4v) is 2.90. The fourth-order valence-electron chi connectivity index (χ4n) is 2.90. The molecule has 0 saturated carbocycles. The molecule has 1 fully saturated rings. The number of likely N-dealkylation sites (tertiary alicyclic amines) is 1. The van der Waals surface area contributed by atoms with Gasteiger partial charge >= 0.3 is 0 Å². The average molecular weight is 262 g/mol. The minimum absolute atomic E-state index is 0. The monoisotopic (exact) mass is 262 g/mol. The molecule has 2 heteroatoms. The first-order chi connectivity index (χ1) is 9.19. The summed E-state index contributed by atoms with van der Waals surface area (Å²) >= 11 is 0. The summed E-state index contributed by atoms with van der Waals surface area (Å²) in [6.45, 7) is 9.29. The first-order valence-corrected chi connectivity index (χ1v) is 7.65. The minimum atomic E-state index is 0. The maximum absolute atomic E-state index is 3.30. The van der Waals surface area contributed by atoms with Crippen LogP contribution in [0.1, 0.15) is 45.2 Å². The highest BCUT2D eigenvalue weighted by Crippen LogP contribution is 2.20. The Morgan fingerprint density at radius 2 is 1.84 bits per heavy atom. The molecule has 1 heterocycles. The molecule has 1 aliphatic rings. The summed E-state index contributed by atoms with van der Waals surface area (Å²) in [5.41, 5.74) is 2.90. The molecule has 19 heavy (non-hydrogen) atoms. The van der Waals surface area contributed by atoms with Gasteiger partial charge in [0.05, 0.1) is 0 Å². The molecular formula is C17H30N2. The van der Waals surface area contributed by atoms with Crippen molar-refractivity contribution in [2.45, 2.75) is 39.2 Å². The molecule has 1 N–H and O–H groups in total. The zero-order valence-electron chi connectivity index (χ0n) is 12.7. The van der Waals surface area contributed by atoms with Gasteiger partial charge in [-0.15, -0.1) is 0 Å². The van der Waals surface area contributed by atoms with Crippen LogP contribution in [0.2, 0.25) is 0 Å². The van der Waals surface area contributed by atoms with Crippen LogP contribution in [0.15, 0.2) is 24.3 Å². The van der Waals surface area contributed by atoms with E-state index in [1.807, 2.05) is 0 Å². The molecule has 0 bridgehead atoms. The molecule has 1 saturated heterocycles. The summed E-state index contributed by atoms with van der Waals surface area (Å²) in [5, 5.41) is 3.30. The van der Waals surface area contributed by atoms with Gasteiger partial charge in [0.1, 0.15) is 0 Å². The van der Waals surface area contributed by atoms with Gasteiger partial charge in [0.25, 0.3) is 0 Å². The summed E-state index contributed by atoms with van der Waals surface area (Å²) in [6.07, 6.45) is 2.68. The Morgan fingerprint density at radius 3 is 2.37 bits per heavy atom. The Balaban J connectivity index is 0.00000200. The Labute approximate surface area is 119 Å². The molecule has 0 aliphatic carbocycles. The van der Waals surface area contributed by atoms with Crippen molar-refractivity contribution >= 4 is 0 Å². The van der Waals surface area contributed by atoms with Crippen molar-refractivity contribution < 1.29 is 1.43 Å². The predicted octanol–water partition coefficient (Wildman–Crippen LogP) is 3.49. The number of hydrogen-bond donors (Lipinski definition) is 1. The molecule has 0 spiro atoms. The van der Waals surface area contributed by atoms with E-state index >= 15 is 0 Å². The highest BCUT2D eigenvalue weighted by atomic mass is 15.1. The number of nitrogens with zero attached hydrogens (tertiary/aromatic N) is 1. The van der Waals surface area contributed by atoms with Crippen molar-refractivity contribution in [1.29, 1.82) is 0 Å². The van der Waals surface area contributed by atoms with Crippen molar-refractivity contribution in [3.8, 4) is 0 Å². The van der Waals surface area contributed by atoms with E-state index in [0.29, 0.717) is 5.92 Å². The first kappa shape index (κ1) is 14.5. The Morgan fingerprint density at radius 1 is 1.21 bits per heavy atom. The van der Waals surface area contributed by atoms with Crippen molar-refractivity contribution in [1.82, 2.24) is 10.2 Å². The molecule has 2 rings (SSSR count). The normalized spacial score (nSPS) is 18.1. The molecule has 1 aromatic rings. The number of nitrogens with one attached hydrogen (secondary N) is 1. The summed E-state index contributed by atoms with van der Waals surface area (Å²) in [7, 11) is 2.06. The van der Waals surface area contributed by atoms with Crippen LogP contribution in [-0.2, 0) is 6.54 Å². The molecule has 0 atom stereocenters. The summed E-state index contributed by atoms with van der Waals surface area (Å²) < 4.78 is 0. The Bertz CT molecular complexity index is 367. The predicted molar refractivity (Wildman–Crippen MR) is 84.6 cm³/mol. The van der Waals surface area contributed by atoms with Gasteiger partial charge in [-0.3, -0.25) is 4.90 Å². The van der Waals surface area contributed by atoms with Crippen LogP contribution in [-0.4, -0.2) is 31.6 Å². The highest BCUT2D eigenvalue weighted by molar-refractivity contribution is 5.24. The molecule has 0 amide bonds. The van der Waals surface area contributed by atoms with Crippen molar-refractivity contribution in [2.75, 3.05) is 26.7 Å². The minimum Gasteiger partial charge on any atom is -0.319 e. The van der Waals surface area contributed by atoms with Crippen LogP contribution >= 0.6 is 0 Å². The summed E-state index contributed by atoms with van der Waals surface area (Å²) in [4.78, 5) is 2.59. The van der Waals surface area contributed by atoms with Crippen LogP contribution in [0.25, 0.3) is 0 Å². The average Bonchev–Trinajstić information content (AvgIpc) is 2.42. The van der Waals surface area contributed by atoms with Gasteiger partial charge in [0.2, 0.25) is 0 Å². The van der Waals surface area contributed by atoms with Crippen LogP contribution in [0.4, 0.5) is 0 Å². The molecule has 108 valence electrons. The van der Waals surface area contributed by atoms with E-state index in [1.54, 1.807) is 0 Å². The van der Waals surface area contributed by atoms with E-state index in [-0.39, 0.29) is 1.43 Å². The lowest BCUT2D eigenvalue weighted by molar-refractivity contribution is 0.177. The smallest absolute Gasteiger partial charge is 0.0233 e. The lowest BCUT2D eigenvalue weighted by Crippen LogP contribution is -2.36. The number of hydrogen-bond acceptors (Lipinski definition) is 2. The van der Waals surface area contributed by atoms with Crippen LogP contribution < -0.4 is 5.32 Å². The molecule has 0 aromatic heterocycles. The Kier molecular flexibility index (Phi) is 5.41. The van der Waals surface area contributed by atoms with Crippen LogP contribution in [0, 0.1) is 5.92 Å². The van der Waals surface area contributed by atoms with E-state index in [2.05, 4.69) is 55.4 Å². The highest BCUT2D eigenvalue weighted by Gasteiger charge is 2.18. The largest absolute Gasteiger partial charge is 0.319 e. The zero-order valence-corrected chi connectivity index (χ0v) is 12.7. The van der Waals surface area contributed by atoms with E-state index in [9.17, 15) is 0 Å².